The van der Waals surface area contributed by atoms with E-state index in [1.807, 2.05) is 41.5 Å². The van der Waals surface area contributed by atoms with Crippen LogP contribution in [0.3, 0.4) is 0 Å². The number of sulfonamides is 1. The maximum absolute atomic E-state index is 14.0. The average molecular weight is 588 g/mol. The molecule has 0 radical (unpaired) electrons. The fraction of sp³-hybridized carbons (Fsp3) is 0.885. The van der Waals surface area contributed by atoms with Crippen LogP contribution in [0.1, 0.15) is 68.7 Å². The van der Waals surface area contributed by atoms with Gasteiger partial charge in [-0.1, -0.05) is 62.3 Å². The van der Waals surface area contributed by atoms with Crippen molar-refractivity contribution in [1.29, 1.82) is 0 Å². The highest BCUT2D eigenvalue weighted by atomic mass is 32.2. The maximum Gasteiger partial charge on any atom is 0.475 e. The molecule has 0 bridgehead atoms. The van der Waals surface area contributed by atoms with Crippen molar-refractivity contribution in [1.82, 2.24) is 25.2 Å². The van der Waals surface area contributed by atoms with Crippen molar-refractivity contribution < 1.29 is 32.8 Å². The molecule has 40 heavy (non-hydrogen) atoms. The van der Waals surface area contributed by atoms with Crippen molar-refractivity contribution in [2.45, 2.75) is 92.8 Å². The summed E-state index contributed by atoms with van der Waals surface area (Å²) in [7, 11) is -3.76. The molecule has 2 aliphatic rings. The van der Waals surface area contributed by atoms with E-state index in [-0.39, 0.29) is 23.8 Å². The third-order valence-electron chi connectivity index (χ3n) is 8.63. The van der Waals surface area contributed by atoms with Crippen molar-refractivity contribution in [3.63, 3.8) is 0 Å². The van der Waals surface area contributed by atoms with Gasteiger partial charge < -0.3 is 30.9 Å². The highest BCUT2D eigenvalue weighted by Gasteiger charge is 2.69. The maximum atomic E-state index is 14.0. The number of likely N-dealkylation sites (tertiary alicyclic amines) is 1. The molecule has 5 N–H and O–H groups in total. The van der Waals surface area contributed by atoms with E-state index in [2.05, 4.69) is 29.8 Å². The lowest BCUT2D eigenvalue weighted by Crippen LogP contribution is -2.62. The lowest BCUT2D eigenvalue weighted by molar-refractivity contribution is -0.143. The van der Waals surface area contributed by atoms with Gasteiger partial charge in [0.2, 0.25) is 21.8 Å². The van der Waals surface area contributed by atoms with Gasteiger partial charge in [0.25, 0.3) is 0 Å². The van der Waals surface area contributed by atoms with Gasteiger partial charge in [-0.25, -0.2) is 17.5 Å². The first kappa shape index (κ1) is 34.3. The van der Waals surface area contributed by atoms with Gasteiger partial charge in [0.05, 0.1) is 12.2 Å². The van der Waals surface area contributed by atoms with Crippen LogP contribution < -0.4 is 16.0 Å². The van der Waals surface area contributed by atoms with Gasteiger partial charge in [-0.15, -0.1) is 0 Å². The molecule has 1 aliphatic carbocycles. The topological polar surface area (TPSA) is 168 Å². The van der Waals surface area contributed by atoms with Crippen LogP contribution in [-0.2, 0) is 19.6 Å². The van der Waals surface area contributed by atoms with E-state index in [4.69, 9.17) is 0 Å². The van der Waals surface area contributed by atoms with Gasteiger partial charge in [0, 0.05) is 26.2 Å². The number of carbonyl (C=O) groups is 3. The molecule has 14 heteroatoms. The number of nitrogens with one attached hydrogen (secondary N) is 3. The van der Waals surface area contributed by atoms with Crippen LogP contribution in [0.5, 0.6) is 0 Å². The Morgan fingerprint density at radius 3 is 2.02 bits per heavy atom. The zero-order chi connectivity index (χ0) is 31.2. The molecule has 0 spiro atoms. The van der Waals surface area contributed by atoms with Crippen LogP contribution in [0.2, 0.25) is 0 Å². The van der Waals surface area contributed by atoms with E-state index in [1.54, 1.807) is 6.92 Å². The Kier molecular flexibility index (Phi) is 10.1. The van der Waals surface area contributed by atoms with Gasteiger partial charge in [0.15, 0.2) is 0 Å². The normalized spacial score (nSPS) is 24.6. The molecule has 1 saturated carbocycles. The fourth-order valence-corrected chi connectivity index (χ4v) is 5.96. The number of carbonyl (C=O) groups excluding carboxylic acids is 3. The summed E-state index contributed by atoms with van der Waals surface area (Å²) < 4.78 is 25.2. The Morgan fingerprint density at radius 1 is 1.05 bits per heavy atom. The summed E-state index contributed by atoms with van der Waals surface area (Å²) in [6.07, 6.45) is 1.40. The molecule has 0 unspecified atom stereocenters. The van der Waals surface area contributed by atoms with Gasteiger partial charge in [-0.3, -0.25) is 9.59 Å². The number of amides is 4. The molecule has 1 saturated heterocycles. The van der Waals surface area contributed by atoms with Gasteiger partial charge in [0.1, 0.15) is 12.1 Å². The van der Waals surface area contributed by atoms with Crippen molar-refractivity contribution in [3.05, 3.63) is 0 Å². The Morgan fingerprint density at radius 2 is 1.60 bits per heavy atom. The largest absolute Gasteiger partial charge is 0.475 e. The van der Waals surface area contributed by atoms with E-state index in [0.29, 0.717) is 13.0 Å². The predicted molar refractivity (Wildman–Crippen MR) is 154 cm³/mol. The Balaban J connectivity index is 2.29. The first-order valence-corrected chi connectivity index (χ1v) is 15.7. The molecule has 0 aromatic carbocycles. The minimum Gasteiger partial charge on any atom is -0.426 e. The Bertz CT molecular complexity index is 1070. The lowest BCUT2D eigenvalue weighted by Gasteiger charge is -2.39. The Hall–Kier alpha value is -1.90. The van der Waals surface area contributed by atoms with Crippen molar-refractivity contribution in [3.8, 4) is 0 Å². The van der Waals surface area contributed by atoms with Crippen LogP contribution >= 0.6 is 0 Å². The standard InChI is InChI=1S/C26H50BN5O7S/c1-12-17(27(36)37)29-21(33)19-18-15(26(18,8)9)13-32(19)22(34)20(25(5,6)7)30-23(35)28-16(24(2,3)4)14-31(10)40(11,38)39/h15-20,36-37H,12-14H2,1-11H3,(H,29,33)(H2,28,30,35)/t15-,16+,17-,18-,19-,20+/m0/s1. The second-order valence-electron chi connectivity index (χ2n) is 14.2. The van der Waals surface area contributed by atoms with E-state index >= 15 is 0 Å². The molecule has 1 aliphatic heterocycles. The summed E-state index contributed by atoms with van der Waals surface area (Å²) in [6.45, 7) is 17.3. The molecule has 12 nitrogen and oxygen atoms in total. The van der Waals surface area contributed by atoms with Crippen molar-refractivity contribution >= 4 is 35.0 Å². The minimum atomic E-state index is -3.47. The van der Waals surface area contributed by atoms with E-state index in [1.165, 1.54) is 16.3 Å². The predicted octanol–water partition coefficient (Wildman–Crippen LogP) is 0.396. The number of piperidine rings is 1. The molecule has 230 valence electrons. The van der Waals surface area contributed by atoms with Gasteiger partial charge in [-0.05, 0) is 34.5 Å². The third kappa shape index (κ3) is 7.68. The SMILES string of the molecule is CC[C@H](NC(=O)[C@@H]1[C@@H]2[C@H](CN1C(=O)[C@@H](NC(=O)N[C@H](CN(C)S(C)(=O)=O)C(C)(C)C)C(C)(C)C)C2(C)C)B(O)O. The highest BCUT2D eigenvalue weighted by molar-refractivity contribution is 7.88. The molecule has 0 aromatic heterocycles. The molecule has 0 aromatic rings. The minimum absolute atomic E-state index is 0.0476. The second kappa shape index (κ2) is 11.8. The number of nitrogens with zero attached hydrogens (tertiary/aromatic N) is 2. The summed E-state index contributed by atoms with van der Waals surface area (Å²) in [4.78, 5) is 42.2. The summed E-state index contributed by atoms with van der Waals surface area (Å²) in [5.41, 5.74) is -1.35. The summed E-state index contributed by atoms with van der Waals surface area (Å²) in [6, 6.07) is -2.96. The Labute approximate surface area is 240 Å². The summed E-state index contributed by atoms with van der Waals surface area (Å²) in [5, 5.41) is 27.7. The van der Waals surface area contributed by atoms with Crippen molar-refractivity contribution in [2.24, 2.45) is 28.1 Å². The first-order valence-electron chi connectivity index (χ1n) is 13.9. The molecular formula is C26H50BN5O7S. The molecule has 4 amide bonds. The third-order valence-corrected chi connectivity index (χ3v) is 9.91. The second-order valence-corrected chi connectivity index (χ2v) is 16.3. The number of rotatable bonds is 10. The van der Waals surface area contributed by atoms with E-state index < -0.39 is 69.9 Å². The van der Waals surface area contributed by atoms with Gasteiger partial charge >= 0.3 is 13.1 Å². The van der Waals surface area contributed by atoms with Crippen LogP contribution in [0.25, 0.3) is 0 Å². The lowest BCUT2D eigenvalue weighted by atomic mass is 9.77. The number of urea groups is 1. The zero-order valence-corrected chi connectivity index (χ0v) is 26.7. The number of hydrogen-bond acceptors (Lipinski definition) is 7. The van der Waals surface area contributed by atoms with Crippen LogP contribution in [0, 0.1) is 28.1 Å². The molecule has 2 rings (SSSR count). The van der Waals surface area contributed by atoms with E-state index in [0.717, 1.165) is 6.26 Å². The first-order chi connectivity index (χ1) is 17.9. The quantitative estimate of drug-likeness (QED) is 0.231. The monoisotopic (exact) mass is 587 g/mol. The number of fused-ring (bicyclic) bond motifs is 1. The molecule has 1 heterocycles. The number of likely N-dealkylation sites (N-methyl/N-ethyl adjacent to an activating group) is 1. The number of hydrogen-bond donors (Lipinski definition) is 5. The fourth-order valence-electron chi connectivity index (χ4n) is 5.54. The molecule has 2 fully saturated rings. The van der Waals surface area contributed by atoms with Gasteiger partial charge in [-0.2, -0.15) is 0 Å². The van der Waals surface area contributed by atoms with Crippen LogP contribution in [0.4, 0.5) is 4.79 Å². The average Bonchev–Trinajstić information content (AvgIpc) is 3.12. The smallest absolute Gasteiger partial charge is 0.426 e. The molecular weight excluding hydrogens is 537 g/mol. The molecule has 6 atom stereocenters. The van der Waals surface area contributed by atoms with Crippen LogP contribution in [0.15, 0.2) is 0 Å². The van der Waals surface area contributed by atoms with Crippen molar-refractivity contribution in [2.75, 3.05) is 26.4 Å². The van der Waals surface area contributed by atoms with Crippen LogP contribution in [-0.4, -0.2) is 103 Å². The van der Waals surface area contributed by atoms with E-state index in [9.17, 15) is 32.8 Å². The summed E-state index contributed by atoms with van der Waals surface area (Å²) in [5.74, 6) is -1.69. The zero-order valence-electron chi connectivity index (χ0n) is 25.9. The highest BCUT2D eigenvalue weighted by Crippen LogP contribution is 2.65. The summed E-state index contributed by atoms with van der Waals surface area (Å²) >= 11 is 0.